The maximum atomic E-state index is 6.14. The standard InChI is InChI=1S/C14H25N3O/c1-3-14(2,15)13-16-12(17-18-13)11-9-7-5-4-6-8-10-11/h11H,3-10,15H2,1-2H3. The van der Waals surface area contributed by atoms with Gasteiger partial charge in [-0.15, -0.1) is 0 Å². The fraction of sp³-hybridized carbons (Fsp3) is 0.857. The third-order valence-corrected chi connectivity index (χ3v) is 4.14. The van der Waals surface area contributed by atoms with E-state index in [0.717, 1.165) is 12.2 Å². The molecular formula is C14H25N3O. The topological polar surface area (TPSA) is 64.9 Å². The highest BCUT2D eigenvalue weighted by atomic mass is 16.5. The van der Waals surface area contributed by atoms with E-state index in [1.54, 1.807) is 0 Å². The molecule has 0 amide bonds. The van der Waals surface area contributed by atoms with Crippen LogP contribution in [0.25, 0.3) is 0 Å². The van der Waals surface area contributed by atoms with Gasteiger partial charge in [-0.05, 0) is 26.2 Å². The summed E-state index contributed by atoms with van der Waals surface area (Å²) in [6, 6.07) is 0. The van der Waals surface area contributed by atoms with Crippen molar-refractivity contribution < 1.29 is 4.52 Å². The molecule has 4 nitrogen and oxygen atoms in total. The first kappa shape index (κ1) is 13.5. The minimum atomic E-state index is -0.493. The molecule has 2 rings (SSSR count). The summed E-state index contributed by atoms with van der Waals surface area (Å²) < 4.78 is 5.36. The normalized spacial score (nSPS) is 22.2. The summed E-state index contributed by atoms with van der Waals surface area (Å²) in [5, 5.41) is 4.16. The Hall–Kier alpha value is -0.900. The van der Waals surface area contributed by atoms with E-state index in [-0.39, 0.29) is 0 Å². The van der Waals surface area contributed by atoms with E-state index in [4.69, 9.17) is 10.3 Å². The van der Waals surface area contributed by atoms with Gasteiger partial charge >= 0.3 is 0 Å². The first-order valence-electron chi connectivity index (χ1n) is 7.26. The smallest absolute Gasteiger partial charge is 0.246 e. The first-order chi connectivity index (χ1) is 8.63. The third-order valence-electron chi connectivity index (χ3n) is 4.14. The van der Waals surface area contributed by atoms with Gasteiger partial charge in [-0.3, -0.25) is 0 Å². The molecule has 1 aliphatic carbocycles. The zero-order valence-electron chi connectivity index (χ0n) is 11.6. The predicted octanol–water partition coefficient (Wildman–Crippen LogP) is 3.48. The summed E-state index contributed by atoms with van der Waals surface area (Å²) in [5.41, 5.74) is 5.65. The zero-order valence-corrected chi connectivity index (χ0v) is 11.6. The number of hydrogen-bond acceptors (Lipinski definition) is 4. The Morgan fingerprint density at radius 3 is 2.44 bits per heavy atom. The second-order valence-electron chi connectivity index (χ2n) is 5.77. The molecule has 102 valence electrons. The van der Waals surface area contributed by atoms with Gasteiger partial charge in [0.25, 0.3) is 0 Å². The number of rotatable bonds is 3. The number of nitrogens with two attached hydrogens (primary N) is 1. The van der Waals surface area contributed by atoms with E-state index in [1.165, 1.54) is 44.9 Å². The van der Waals surface area contributed by atoms with E-state index in [0.29, 0.717) is 11.8 Å². The van der Waals surface area contributed by atoms with Crippen molar-refractivity contribution in [2.75, 3.05) is 0 Å². The van der Waals surface area contributed by atoms with Crippen molar-refractivity contribution in [1.29, 1.82) is 0 Å². The third kappa shape index (κ3) is 3.10. The molecule has 0 radical (unpaired) electrons. The second kappa shape index (κ2) is 5.83. The molecular weight excluding hydrogens is 226 g/mol. The van der Waals surface area contributed by atoms with Crippen LogP contribution in [0, 0.1) is 0 Å². The molecule has 1 aliphatic rings. The number of nitrogens with zero attached hydrogens (tertiary/aromatic N) is 2. The number of hydrogen-bond donors (Lipinski definition) is 1. The summed E-state index contributed by atoms with van der Waals surface area (Å²) in [6.07, 6.45) is 9.79. The summed E-state index contributed by atoms with van der Waals surface area (Å²) >= 11 is 0. The van der Waals surface area contributed by atoms with Crippen LogP contribution in [0.4, 0.5) is 0 Å². The minimum Gasteiger partial charge on any atom is -0.337 e. The van der Waals surface area contributed by atoms with Crippen molar-refractivity contribution in [2.24, 2.45) is 5.73 Å². The molecule has 0 aliphatic heterocycles. The Bertz CT molecular complexity index is 365. The van der Waals surface area contributed by atoms with Crippen molar-refractivity contribution in [1.82, 2.24) is 10.1 Å². The number of aromatic nitrogens is 2. The quantitative estimate of drug-likeness (QED) is 0.893. The van der Waals surface area contributed by atoms with E-state index >= 15 is 0 Å². The van der Waals surface area contributed by atoms with Crippen LogP contribution in [0.2, 0.25) is 0 Å². The van der Waals surface area contributed by atoms with Gasteiger partial charge in [-0.2, -0.15) is 4.98 Å². The van der Waals surface area contributed by atoms with E-state index in [9.17, 15) is 0 Å². The highest BCUT2D eigenvalue weighted by Gasteiger charge is 2.28. The lowest BCUT2D eigenvalue weighted by molar-refractivity contribution is 0.288. The van der Waals surface area contributed by atoms with Crippen molar-refractivity contribution in [3.05, 3.63) is 11.7 Å². The molecule has 1 fully saturated rings. The monoisotopic (exact) mass is 251 g/mol. The lowest BCUT2D eigenvalue weighted by atomic mass is 9.90. The highest BCUT2D eigenvalue weighted by Crippen LogP contribution is 2.30. The van der Waals surface area contributed by atoms with Crippen LogP contribution < -0.4 is 5.73 Å². The van der Waals surface area contributed by atoms with Crippen LogP contribution in [0.1, 0.15) is 82.8 Å². The van der Waals surface area contributed by atoms with Gasteiger partial charge in [0.2, 0.25) is 5.89 Å². The Balaban J connectivity index is 2.08. The fourth-order valence-corrected chi connectivity index (χ4v) is 2.50. The molecule has 0 saturated heterocycles. The zero-order chi connectivity index (χ0) is 13.0. The van der Waals surface area contributed by atoms with Gasteiger partial charge < -0.3 is 10.3 Å². The summed E-state index contributed by atoms with van der Waals surface area (Å²) in [4.78, 5) is 4.55. The highest BCUT2D eigenvalue weighted by molar-refractivity contribution is 5.02. The predicted molar refractivity (Wildman–Crippen MR) is 71.2 cm³/mol. The largest absolute Gasteiger partial charge is 0.337 e. The summed E-state index contributed by atoms with van der Waals surface area (Å²) in [7, 11) is 0. The maximum Gasteiger partial charge on any atom is 0.246 e. The SMILES string of the molecule is CCC(C)(N)c1nc(C2CCCCCCC2)no1. The van der Waals surface area contributed by atoms with Crippen molar-refractivity contribution >= 4 is 0 Å². The Kier molecular flexibility index (Phi) is 4.38. The summed E-state index contributed by atoms with van der Waals surface area (Å²) in [6.45, 7) is 3.99. The molecule has 1 atom stereocenters. The van der Waals surface area contributed by atoms with E-state index in [2.05, 4.69) is 10.1 Å². The molecule has 1 aromatic heterocycles. The fourth-order valence-electron chi connectivity index (χ4n) is 2.50. The second-order valence-corrected chi connectivity index (χ2v) is 5.77. The lowest BCUT2D eigenvalue weighted by Crippen LogP contribution is -2.32. The van der Waals surface area contributed by atoms with Gasteiger partial charge in [-0.1, -0.05) is 44.2 Å². The summed E-state index contributed by atoms with van der Waals surface area (Å²) in [5.74, 6) is 1.93. The van der Waals surface area contributed by atoms with Crippen LogP contribution in [0.15, 0.2) is 4.52 Å². The minimum absolute atomic E-state index is 0.468. The van der Waals surface area contributed by atoms with Crippen LogP contribution in [-0.2, 0) is 5.54 Å². The Morgan fingerprint density at radius 2 is 1.83 bits per heavy atom. The van der Waals surface area contributed by atoms with Crippen LogP contribution in [0.3, 0.4) is 0 Å². The van der Waals surface area contributed by atoms with Crippen molar-refractivity contribution in [3.63, 3.8) is 0 Å². The average Bonchev–Trinajstić information content (AvgIpc) is 2.78. The molecule has 0 aromatic carbocycles. The first-order valence-corrected chi connectivity index (χ1v) is 7.26. The average molecular weight is 251 g/mol. The van der Waals surface area contributed by atoms with Crippen molar-refractivity contribution in [3.8, 4) is 0 Å². The van der Waals surface area contributed by atoms with Gasteiger partial charge in [0, 0.05) is 5.92 Å². The molecule has 1 saturated carbocycles. The lowest BCUT2D eigenvalue weighted by Gasteiger charge is -2.17. The molecule has 18 heavy (non-hydrogen) atoms. The molecule has 4 heteroatoms. The Labute approximate surface area is 109 Å². The Morgan fingerprint density at radius 1 is 1.22 bits per heavy atom. The van der Waals surface area contributed by atoms with Crippen LogP contribution in [0.5, 0.6) is 0 Å². The molecule has 0 bridgehead atoms. The molecule has 1 aromatic rings. The van der Waals surface area contributed by atoms with Gasteiger partial charge in [0.05, 0.1) is 5.54 Å². The molecule has 2 N–H and O–H groups in total. The van der Waals surface area contributed by atoms with Gasteiger partial charge in [-0.25, -0.2) is 0 Å². The van der Waals surface area contributed by atoms with Gasteiger partial charge in [0.1, 0.15) is 0 Å². The van der Waals surface area contributed by atoms with Crippen LogP contribution in [-0.4, -0.2) is 10.1 Å². The maximum absolute atomic E-state index is 6.14. The van der Waals surface area contributed by atoms with E-state index in [1.807, 2.05) is 13.8 Å². The van der Waals surface area contributed by atoms with E-state index < -0.39 is 5.54 Å². The van der Waals surface area contributed by atoms with Crippen LogP contribution >= 0.6 is 0 Å². The molecule has 1 heterocycles. The van der Waals surface area contributed by atoms with Gasteiger partial charge in [0.15, 0.2) is 5.82 Å². The van der Waals surface area contributed by atoms with Crippen molar-refractivity contribution in [2.45, 2.75) is 76.7 Å². The molecule has 1 unspecified atom stereocenters. The molecule has 0 spiro atoms.